The lowest BCUT2D eigenvalue weighted by Gasteiger charge is -2.39. The smallest absolute Gasteiger partial charge is 0.303 e. The lowest BCUT2D eigenvalue weighted by Crippen LogP contribution is -2.49. The molecule has 5 nitrogen and oxygen atoms in total. The highest BCUT2D eigenvalue weighted by Crippen LogP contribution is 2.27. The molecule has 1 saturated heterocycles. The molecule has 1 amide bonds. The van der Waals surface area contributed by atoms with E-state index in [1.807, 2.05) is 65.6 Å². The van der Waals surface area contributed by atoms with Crippen LogP contribution in [0.25, 0.3) is 10.8 Å². The molecule has 154 valence electrons. The average molecular weight is 402 g/mol. The van der Waals surface area contributed by atoms with Gasteiger partial charge < -0.3 is 10.0 Å². The van der Waals surface area contributed by atoms with E-state index in [4.69, 9.17) is 5.11 Å². The minimum Gasteiger partial charge on any atom is -0.481 e. The lowest BCUT2D eigenvalue weighted by molar-refractivity contribution is -0.137. The maximum Gasteiger partial charge on any atom is 0.303 e. The number of rotatable bonds is 6. The first-order valence-corrected chi connectivity index (χ1v) is 10.4. The van der Waals surface area contributed by atoms with Crippen LogP contribution in [0.4, 0.5) is 0 Å². The maximum atomic E-state index is 13.0. The molecular weight excluding hydrogens is 376 g/mol. The molecule has 0 aliphatic carbocycles. The molecule has 4 rings (SSSR count). The molecule has 1 fully saturated rings. The van der Waals surface area contributed by atoms with E-state index in [-0.39, 0.29) is 18.4 Å². The average Bonchev–Trinajstić information content (AvgIpc) is 2.79. The normalized spacial score (nSPS) is 15.8. The van der Waals surface area contributed by atoms with Crippen LogP contribution in [0, 0.1) is 0 Å². The van der Waals surface area contributed by atoms with E-state index in [1.165, 1.54) is 0 Å². The molecule has 0 radical (unpaired) electrons. The minimum absolute atomic E-state index is 0.0558. The Kier molecular flexibility index (Phi) is 6.10. The summed E-state index contributed by atoms with van der Waals surface area (Å²) in [5.41, 5.74) is 1.85. The van der Waals surface area contributed by atoms with E-state index in [2.05, 4.69) is 17.0 Å². The summed E-state index contributed by atoms with van der Waals surface area (Å²) in [6, 6.07) is 24.0. The van der Waals surface area contributed by atoms with Crippen LogP contribution in [0.2, 0.25) is 0 Å². The van der Waals surface area contributed by atoms with Crippen molar-refractivity contribution in [2.45, 2.75) is 18.9 Å². The van der Waals surface area contributed by atoms with Gasteiger partial charge in [0.05, 0.1) is 0 Å². The minimum atomic E-state index is -0.777. The van der Waals surface area contributed by atoms with Gasteiger partial charge in [0.15, 0.2) is 0 Å². The molecule has 0 saturated carbocycles. The van der Waals surface area contributed by atoms with Gasteiger partial charge in [0.1, 0.15) is 0 Å². The summed E-state index contributed by atoms with van der Waals surface area (Å²) in [5.74, 6) is -0.719. The quantitative estimate of drug-likeness (QED) is 0.671. The van der Waals surface area contributed by atoms with E-state index < -0.39 is 5.97 Å². The predicted octanol–water partition coefficient (Wildman–Crippen LogP) is 4.20. The van der Waals surface area contributed by atoms with Gasteiger partial charge in [-0.1, -0.05) is 60.7 Å². The maximum absolute atomic E-state index is 13.0. The Bertz CT molecular complexity index is 1030. The molecule has 1 atom stereocenters. The van der Waals surface area contributed by atoms with Crippen molar-refractivity contribution in [3.63, 3.8) is 0 Å². The standard InChI is InChI=1S/C25H26N2O3/c28-24(29)13-12-23(20-7-2-1-3-8-20)26-14-16-27(17-15-26)25(30)22-11-10-19-6-4-5-9-21(19)18-22/h1-11,18,23H,12-17H2,(H,28,29). The second kappa shape index (κ2) is 9.09. The zero-order valence-electron chi connectivity index (χ0n) is 16.9. The van der Waals surface area contributed by atoms with Crippen molar-refractivity contribution in [3.8, 4) is 0 Å². The molecule has 0 spiro atoms. The summed E-state index contributed by atoms with van der Waals surface area (Å²) in [5, 5.41) is 11.3. The van der Waals surface area contributed by atoms with Gasteiger partial charge in [0, 0.05) is 44.2 Å². The van der Waals surface area contributed by atoms with Crippen LogP contribution in [-0.4, -0.2) is 53.0 Å². The first kappa shape index (κ1) is 20.1. The molecule has 0 aromatic heterocycles. The van der Waals surface area contributed by atoms with E-state index in [0.29, 0.717) is 25.1 Å². The van der Waals surface area contributed by atoms with Crippen LogP contribution >= 0.6 is 0 Å². The van der Waals surface area contributed by atoms with Gasteiger partial charge in [0.25, 0.3) is 5.91 Å². The van der Waals surface area contributed by atoms with Gasteiger partial charge in [-0.25, -0.2) is 0 Å². The Balaban J connectivity index is 1.44. The number of hydrogen-bond donors (Lipinski definition) is 1. The Morgan fingerprint density at radius 1 is 0.833 bits per heavy atom. The summed E-state index contributed by atoms with van der Waals surface area (Å²) >= 11 is 0. The molecule has 3 aromatic carbocycles. The molecule has 1 aliphatic heterocycles. The van der Waals surface area contributed by atoms with Crippen LogP contribution in [0.5, 0.6) is 0 Å². The SMILES string of the molecule is O=C(O)CCC(c1ccccc1)N1CCN(C(=O)c2ccc3ccccc3c2)CC1. The summed E-state index contributed by atoms with van der Waals surface area (Å²) in [6.45, 7) is 2.75. The fourth-order valence-electron chi connectivity index (χ4n) is 4.24. The van der Waals surface area contributed by atoms with Crippen molar-refractivity contribution in [2.24, 2.45) is 0 Å². The van der Waals surface area contributed by atoms with Gasteiger partial charge >= 0.3 is 5.97 Å². The highest BCUT2D eigenvalue weighted by atomic mass is 16.4. The third-order valence-corrected chi connectivity index (χ3v) is 5.85. The fourth-order valence-corrected chi connectivity index (χ4v) is 4.24. The molecule has 0 bridgehead atoms. The predicted molar refractivity (Wildman–Crippen MR) is 117 cm³/mol. The van der Waals surface area contributed by atoms with Gasteiger partial charge in [-0.3, -0.25) is 14.5 Å². The van der Waals surface area contributed by atoms with Gasteiger partial charge in [-0.2, -0.15) is 0 Å². The topological polar surface area (TPSA) is 60.9 Å². The van der Waals surface area contributed by atoms with Crippen molar-refractivity contribution >= 4 is 22.6 Å². The third-order valence-electron chi connectivity index (χ3n) is 5.85. The number of amides is 1. The number of hydrogen-bond acceptors (Lipinski definition) is 3. The lowest BCUT2D eigenvalue weighted by atomic mass is 9.99. The van der Waals surface area contributed by atoms with E-state index in [9.17, 15) is 9.59 Å². The van der Waals surface area contributed by atoms with Crippen molar-refractivity contribution in [3.05, 3.63) is 83.9 Å². The first-order valence-electron chi connectivity index (χ1n) is 10.4. The highest BCUT2D eigenvalue weighted by Gasteiger charge is 2.28. The summed E-state index contributed by atoms with van der Waals surface area (Å²) < 4.78 is 0. The van der Waals surface area contributed by atoms with E-state index in [1.54, 1.807) is 0 Å². The molecule has 1 heterocycles. The van der Waals surface area contributed by atoms with Gasteiger partial charge in [-0.05, 0) is 34.9 Å². The molecule has 1 aliphatic rings. The Labute approximate surface area is 176 Å². The number of piperazine rings is 1. The number of carboxylic acid groups (broad SMARTS) is 1. The molecule has 1 unspecified atom stereocenters. The Hall–Kier alpha value is -3.18. The van der Waals surface area contributed by atoms with Crippen LogP contribution in [0.3, 0.4) is 0 Å². The third kappa shape index (κ3) is 4.52. The second-order valence-electron chi connectivity index (χ2n) is 7.75. The number of carbonyl (C=O) groups excluding carboxylic acids is 1. The van der Waals surface area contributed by atoms with Crippen molar-refractivity contribution in [2.75, 3.05) is 26.2 Å². The number of aliphatic carboxylic acids is 1. The van der Waals surface area contributed by atoms with Crippen LogP contribution in [0.15, 0.2) is 72.8 Å². The van der Waals surface area contributed by atoms with Crippen LogP contribution in [-0.2, 0) is 4.79 Å². The molecule has 30 heavy (non-hydrogen) atoms. The number of fused-ring (bicyclic) bond motifs is 1. The molecular formula is C25H26N2O3. The zero-order valence-corrected chi connectivity index (χ0v) is 16.9. The summed E-state index contributed by atoms with van der Waals surface area (Å²) in [7, 11) is 0. The Morgan fingerprint density at radius 3 is 2.20 bits per heavy atom. The van der Waals surface area contributed by atoms with E-state index in [0.717, 1.165) is 29.4 Å². The number of carboxylic acids is 1. The number of nitrogens with zero attached hydrogens (tertiary/aromatic N) is 2. The van der Waals surface area contributed by atoms with Crippen LogP contribution in [0.1, 0.15) is 34.8 Å². The first-order chi connectivity index (χ1) is 14.6. The Morgan fingerprint density at radius 2 is 1.50 bits per heavy atom. The molecule has 5 heteroatoms. The monoisotopic (exact) mass is 402 g/mol. The summed E-state index contributed by atoms with van der Waals surface area (Å²) in [6.07, 6.45) is 0.702. The molecule has 3 aromatic rings. The van der Waals surface area contributed by atoms with Gasteiger partial charge in [-0.15, -0.1) is 0 Å². The summed E-state index contributed by atoms with van der Waals surface area (Å²) in [4.78, 5) is 28.4. The van der Waals surface area contributed by atoms with Crippen molar-refractivity contribution < 1.29 is 14.7 Å². The van der Waals surface area contributed by atoms with E-state index >= 15 is 0 Å². The van der Waals surface area contributed by atoms with Crippen LogP contribution < -0.4 is 0 Å². The van der Waals surface area contributed by atoms with Crippen molar-refractivity contribution in [1.29, 1.82) is 0 Å². The molecule has 1 N–H and O–H groups in total. The zero-order chi connectivity index (χ0) is 20.9. The highest BCUT2D eigenvalue weighted by molar-refractivity contribution is 5.98. The number of benzene rings is 3. The van der Waals surface area contributed by atoms with Crippen molar-refractivity contribution in [1.82, 2.24) is 9.80 Å². The largest absolute Gasteiger partial charge is 0.481 e. The number of carbonyl (C=O) groups is 2. The fraction of sp³-hybridized carbons (Fsp3) is 0.280. The second-order valence-corrected chi connectivity index (χ2v) is 7.75. The van der Waals surface area contributed by atoms with Gasteiger partial charge in [0.2, 0.25) is 0 Å².